The summed E-state index contributed by atoms with van der Waals surface area (Å²) >= 11 is 0. The van der Waals surface area contributed by atoms with E-state index in [1.807, 2.05) is 12.1 Å². The number of hydroxylamine groups is 1. The standard InChI is InChI=1S/C11H11N3O3/c1-17-8-4-2-7(3-5-8)9-6-10(13-12-9)11(15)14-16/h2-6,16H,1H3,(H,12,13)(H,14,15). The number of hydrogen-bond donors (Lipinski definition) is 3. The van der Waals surface area contributed by atoms with Crippen LogP contribution in [0.2, 0.25) is 0 Å². The molecule has 6 heteroatoms. The Kier molecular flexibility index (Phi) is 3.06. The SMILES string of the molecule is COc1ccc(-c2cc(C(=O)NO)[nH]n2)cc1. The Bertz CT molecular complexity index is 519. The second kappa shape index (κ2) is 4.67. The van der Waals surface area contributed by atoms with Crippen molar-refractivity contribution in [1.29, 1.82) is 0 Å². The van der Waals surface area contributed by atoms with E-state index in [0.29, 0.717) is 5.69 Å². The molecule has 1 aromatic carbocycles. The van der Waals surface area contributed by atoms with Gasteiger partial charge < -0.3 is 4.74 Å². The molecule has 6 nitrogen and oxygen atoms in total. The molecule has 1 amide bonds. The lowest BCUT2D eigenvalue weighted by Crippen LogP contribution is -2.18. The minimum atomic E-state index is -0.628. The van der Waals surface area contributed by atoms with Gasteiger partial charge in [-0.25, -0.2) is 5.48 Å². The number of benzene rings is 1. The highest BCUT2D eigenvalue weighted by Crippen LogP contribution is 2.20. The predicted octanol–water partition coefficient (Wildman–Crippen LogP) is 1.20. The van der Waals surface area contributed by atoms with Crippen LogP contribution in [-0.4, -0.2) is 28.4 Å². The van der Waals surface area contributed by atoms with E-state index < -0.39 is 5.91 Å². The molecule has 0 atom stereocenters. The van der Waals surface area contributed by atoms with Crippen LogP contribution in [0.15, 0.2) is 30.3 Å². The molecule has 0 saturated heterocycles. The van der Waals surface area contributed by atoms with E-state index in [4.69, 9.17) is 9.94 Å². The largest absolute Gasteiger partial charge is 0.497 e. The molecule has 0 unspecified atom stereocenters. The van der Waals surface area contributed by atoms with E-state index in [1.54, 1.807) is 25.3 Å². The second-order valence-corrected chi connectivity index (χ2v) is 3.34. The maximum Gasteiger partial charge on any atom is 0.292 e. The number of H-pyrrole nitrogens is 1. The number of carbonyl (C=O) groups is 1. The molecule has 3 N–H and O–H groups in total. The lowest BCUT2D eigenvalue weighted by atomic mass is 10.1. The Labute approximate surface area is 97.2 Å². The average molecular weight is 233 g/mol. The quantitative estimate of drug-likeness (QED) is 0.549. The molecule has 0 spiro atoms. The van der Waals surface area contributed by atoms with Crippen LogP contribution in [0.25, 0.3) is 11.3 Å². The topological polar surface area (TPSA) is 87.2 Å². The maximum atomic E-state index is 11.1. The number of amides is 1. The first-order chi connectivity index (χ1) is 8.24. The molecule has 0 aliphatic heterocycles. The lowest BCUT2D eigenvalue weighted by molar-refractivity contribution is 0.0700. The molecule has 1 heterocycles. The third kappa shape index (κ3) is 2.26. The van der Waals surface area contributed by atoms with Crippen molar-refractivity contribution in [2.45, 2.75) is 0 Å². The fraction of sp³-hybridized carbons (Fsp3) is 0.0909. The van der Waals surface area contributed by atoms with E-state index in [-0.39, 0.29) is 5.69 Å². The molecule has 17 heavy (non-hydrogen) atoms. The summed E-state index contributed by atoms with van der Waals surface area (Å²) in [6.45, 7) is 0. The summed E-state index contributed by atoms with van der Waals surface area (Å²) < 4.78 is 5.04. The van der Waals surface area contributed by atoms with Crippen LogP contribution in [-0.2, 0) is 0 Å². The summed E-state index contributed by atoms with van der Waals surface area (Å²) in [7, 11) is 1.59. The van der Waals surface area contributed by atoms with Gasteiger partial charge in [-0.3, -0.25) is 15.1 Å². The molecule has 2 rings (SSSR count). The van der Waals surface area contributed by atoms with Crippen molar-refractivity contribution >= 4 is 5.91 Å². The lowest BCUT2D eigenvalue weighted by Gasteiger charge is -1.99. The van der Waals surface area contributed by atoms with Crippen molar-refractivity contribution in [3.8, 4) is 17.0 Å². The van der Waals surface area contributed by atoms with Gasteiger partial charge in [-0.2, -0.15) is 5.10 Å². The number of methoxy groups -OCH3 is 1. The predicted molar refractivity (Wildman–Crippen MR) is 59.8 cm³/mol. The molecular weight excluding hydrogens is 222 g/mol. The Morgan fingerprint density at radius 2 is 2.12 bits per heavy atom. The average Bonchev–Trinajstić information content (AvgIpc) is 2.87. The highest BCUT2D eigenvalue weighted by atomic mass is 16.5. The molecule has 0 fully saturated rings. The van der Waals surface area contributed by atoms with Crippen LogP contribution >= 0.6 is 0 Å². The summed E-state index contributed by atoms with van der Waals surface area (Å²) in [5.74, 6) is 0.120. The van der Waals surface area contributed by atoms with Crippen LogP contribution in [0.1, 0.15) is 10.5 Å². The zero-order valence-electron chi connectivity index (χ0n) is 9.10. The highest BCUT2D eigenvalue weighted by molar-refractivity contribution is 5.92. The van der Waals surface area contributed by atoms with Crippen LogP contribution in [0, 0.1) is 0 Å². The van der Waals surface area contributed by atoms with Crippen molar-refractivity contribution in [2.24, 2.45) is 0 Å². The maximum absolute atomic E-state index is 11.1. The van der Waals surface area contributed by atoms with Gasteiger partial charge in [0.15, 0.2) is 0 Å². The first-order valence-corrected chi connectivity index (χ1v) is 4.89. The third-order valence-electron chi connectivity index (χ3n) is 2.31. The number of ether oxygens (including phenoxy) is 1. The number of nitrogens with one attached hydrogen (secondary N) is 2. The van der Waals surface area contributed by atoms with Crippen molar-refractivity contribution in [3.63, 3.8) is 0 Å². The van der Waals surface area contributed by atoms with Gasteiger partial charge >= 0.3 is 0 Å². The molecule has 0 aliphatic carbocycles. The number of aromatic nitrogens is 2. The van der Waals surface area contributed by atoms with Gasteiger partial charge in [0.1, 0.15) is 11.4 Å². The summed E-state index contributed by atoms with van der Waals surface area (Å²) in [6, 6.07) is 8.81. The third-order valence-corrected chi connectivity index (χ3v) is 2.31. The van der Waals surface area contributed by atoms with E-state index >= 15 is 0 Å². The van der Waals surface area contributed by atoms with Gasteiger partial charge in [-0.1, -0.05) is 0 Å². The molecule has 0 saturated carbocycles. The number of carbonyl (C=O) groups excluding carboxylic acids is 1. The molecule has 1 aromatic heterocycles. The van der Waals surface area contributed by atoms with Crippen LogP contribution in [0.5, 0.6) is 5.75 Å². The van der Waals surface area contributed by atoms with Crippen molar-refractivity contribution in [3.05, 3.63) is 36.0 Å². The molecule has 2 aromatic rings. The number of nitrogens with zero attached hydrogens (tertiary/aromatic N) is 1. The number of aromatic amines is 1. The summed E-state index contributed by atoms with van der Waals surface area (Å²) in [5.41, 5.74) is 3.19. The van der Waals surface area contributed by atoms with Crippen LogP contribution in [0.3, 0.4) is 0 Å². The van der Waals surface area contributed by atoms with Gasteiger partial charge in [0.25, 0.3) is 5.91 Å². The van der Waals surface area contributed by atoms with Gasteiger partial charge in [0.05, 0.1) is 12.8 Å². The number of hydrogen-bond acceptors (Lipinski definition) is 4. The highest BCUT2D eigenvalue weighted by Gasteiger charge is 2.09. The zero-order valence-corrected chi connectivity index (χ0v) is 9.10. The van der Waals surface area contributed by atoms with Gasteiger partial charge in [-0.05, 0) is 30.3 Å². The second-order valence-electron chi connectivity index (χ2n) is 3.34. The van der Waals surface area contributed by atoms with E-state index in [2.05, 4.69) is 10.2 Å². The van der Waals surface area contributed by atoms with E-state index in [9.17, 15) is 4.79 Å². The Hall–Kier alpha value is -2.34. The Morgan fingerprint density at radius 3 is 2.71 bits per heavy atom. The summed E-state index contributed by atoms with van der Waals surface area (Å²) in [5, 5.41) is 15.0. The fourth-order valence-electron chi connectivity index (χ4n) is 1.41. The first kappa shape index (κ1) is 11.2. The zero-order chi connectivity index (χ0) is 12.3. The van der Waals surface area contributed by atoms with E-state index in [1.165, 1.54) is 5.48 Å². The normalized spacial score (nSPS) is 10.0. The van der Waals surface area contributed by atoms with Gasteiger partial charge in [-0.15, -0.1) is 0 Å². The van der Waals surface area contributed by atoms with Crippen LogP contribution < -0.4 is 10.2 Å². The smallest absolute Gasteiger partial charge is 0.292 e. The summed E-state index contributed by atoms with van der Waals surface area (Å²) in [4.78, 5) is 11.1. The minimum Gasteiger partial charge on any atom is -0.497 e. The molecular formula is C11H11N3O3. The fourth-order valence-corrected chi connectivity index (χ4v) is 1.41. The van der Waals surface area contributed by atoms with Gasteiger partial charge in [0, 0.05) is 5.56 Å². The molecule has 0 aliphatic rings. The van der Waals surface area contributed by atoms with Crippen molar-refractivity contribution in [1.82, 2.24) is 15.7 Å². The van der Waals surface area contributed by atoms with Crippen molar-refractivity contribution < 1.29 is 14.7 Å². The molecule has 88 valence electrons. The minimum absolute atomic E-state index is 0.193. The summed E-state index contributed by atoms with van der Waals surface area (Å²) in [6.07, 6.45) is 0. The van der Waals surface area contributed by atoms with E-state index in [0.717, 1.165) is 11.3 Å². The van der Waals surface area contributed by atoms with Gasteiger partial charge in [0.2, 0.25) is 0 Å². The van der Waals surface area contributed by atoms with Crippen LogP contribution in [0.4, 0.5) is 0 Å². The molecule has 0 bridgehead atoms. The Balaban J connectivity index is 2.27. The monoisotopic (exact) mass is 233 g/mol. The molecule has 0 radical (unpaired) electrons. The Morgan fingerprint density at radius 1 is 1.41 bits per heavy atom. The first-order valence-electron chi connectivity index (χ1n) is 4.89. The number of rotatable bonds is 3. The van der Waals surface area contributed by atoms with Crippen molar-refractivity contribution in [2.75, 3.05) is 7.11 Å².